The second-order valence-corrected chi connectivity index (χ2v) is 6.01. The third kappa shape index (κ3) is 3.16. The minimum Gasteiger partial charge on any atom is -0.319 e. The van der Waals surface area contributed by atoms with E-state index in [-0.39, 0.29) is 11.7 Å². The number of carbonyl (C=O) groups excluding carboxylic acids is 1. The highest BCUT2D eigenvalue weighted by Gasteiger charge is 2.16. The summed E-state index contributed by atoms with van der Waals surface area (Å²) in [7, 11) is 0. The van der Waals surface area contributed by atoms with Gasteiger partial charge in [-0.15, -0.1) is 5.10 Å². The number of benzene rings is 2. The first-order chi connectivity index (χ1) is 11.5. The quantitative estimate of drug-likeness (QED) is 0.781. The maximum Gasteiger partial charge on any atom is 0.295 e. The predicted molar refractivity (Wildman–Crippen MR) is 95.0 cm³/mol. The van der Waals surface area contributed by atoms with E-state index in [2.05, 4.69) is 15.4 Å². The highest BCUT2D eigenvalue weighted by Crippen LogP contribution is 2.19. The van der Waals surface area contributed by atoms with Crippen molar-refractivity contribution in [1.82, 2.24) is 14.8 Å². The van der Waals surface area contributed by atoms with Gasteiger partial charge >= 0.3 is 0 Å². The smallest absolute Gasteiger partial charge is 0.295 e. The zero-order chi connectivity index (χ0) is 17.3. The average Bonchev–Trinajstić information content (AvgIpc) is 2.94. The van der Waals surface area contributed by atoms with Gasteiger partial charge in [-0.1, -0.05) is 29.8 Å². The number of hydrogen-bond donors (Lipinski definition) is 1. The standard InChI is InChI=1S/C18H17ClN4O/c1-11-6-4-9-16(12(11)2)21-18(24)17-20-13(3)23(22-17)15-8-5-7-14(19)10-15/h4-10H,1-3H3,(H,21,24). The van der Waals surface area contributed by atoms with E-state index in [1.54, 1.807) is 23.7 Å². The summed E-state index contributed by atoms with van der Waals surface area (Å²) in [4.78, 5) is 16.7. The molecule has 0 saturated heterocycles. The Morgan fingerprint density at radius 1 is 1.12 bits per heavy atom. The molecule has 1 N–H and O–H groups in total. The molecule has 0 radical (unpaired) electrons. The molecule has 0 spiro atoms. The van der Waals surface area contributed by atoms with E-state index in [1.165, 1.54) is 0 Å². The average molecular weight is 341 g/mol. The summed E-state index contributed by atoms with van der Waals surface area (Å²) in [6, 6.07) is 13.0. The summed E-state index contributed by atoms with van der Waals surface area (Å²) < 4.78 is 1.60. The van der Waals surface area contributed by atoms with Gasteiger partial charge in [0.05, 0.1) is 5.69 Å². The minimum atomic E-state index is -0.340. The Bertz CT molecular complexity index is 917. The molecule has 0 aliphatic heterocycles. The lowest BCUT2D eigenvalue weighted by atomic mass is 10.1. The predicted octanol–water partition coefficient (Wildman–Crippen LogP) is 4.10. The Hall–Kier alpha value is -2.66. The first-order valence-electron chi connectivity index (χ1n) is 7.53. The van der Waals surface area contributed by atoms with Crippen LogP contribution in [0.4, 0.5) is 5.69 Å². The lowest BCUT2D eigenvalue weighted by molar-refractivity contribution is 0.101. The number of nitrogens with zero attached hydrogens (tertiary/aromatic N) is 3. The Kier molecular flexibility index (Phi) is 4.36. The molecular weight excluding hydrogens is 324 g/mol. The van der Waals surface area contributed by atoms with Crippen molar-refractivity contribution in [2.75, 3.05) is 5.32 Å². The molecule has 1 amide bonds. The largest absolute Gasteiger partial charge is 0.319 e. The second kappa shape index (κ2) is 6.45. The van der Waals surface area contributed by atoms with Crippen molar-refractivity contribution in [3.8, 4) is 5.69 Å². The van der Waals surface area contributed by atoms with Crippen LogP contribution in [-0.2, 0) is 0 Å². The van der Waals surface area contributed by atoms with E-state index in [0.29, 0.717) is 10.8 Å². The molecule has 0 atom stereocenters. The van der Waals surface area contributed by atoms with Crippen LogP contribution in [-0.4, -0.2) is 20.7 Å². The third-order valence-corrected chi connectivity index (χ3v) is 4.11. The summed E-state index contributed by atoms with van der Waals surface area (Å²) in [6.07, 6.45) is 0. The van der Waals surface area contributed by atoms with Crippen molar-refractivity contribution in [1.29, 1.82) is 0 Å². The van der Waals surface area contributed by atoms with E-state index < -0.39 is 0 Å². The number of halogens is 1. The summed E-state index contributed by atoms with van der Waals surface area (Å²) in [5.41, 5.74) is 3.66. The van der Waals surface area contributed by atoms with Gasteiger partial charge in [0.15, 0.2) is 0 Å². The molecular formula is C18H17ClN4O. The van der Waals surface area contributed by atoms with Gasteiger partial charge in [0.1, 0.15) is 5.82 Å². The Morgan fingerprint density at radius 3 is 2.62 bits per heavy atom. The minimum absolute atomic E-state index is 0.119. The van der Waals surface area contributed by atoms with Crippen LogP contribution < -0.4 is 5.32 Å². The topological polar surface area (TPSA) is 59.8 Å². The normalized spacial score (nSPS) is 10.7. The van der Waals surface area contributed by atoms with E-state index in [0.717, 1.165) is 22.5 Å². The Morgan fingerprint density at radius 2 is 1.88 bits per heavy atom. The molecule has 122 valence electrons. The number of hydrogen-bond acceptors (Lipinski definition) is 3. The monoisotopic (exact) mass is 340 g/mol. The highest BCUT2D eigenvalue weighted by atomic mass is 35.5. The van der Waals surface area contributed by atoms with Gasteiger partial charge in [-0.05, 0) is 56.2 Å². The van der Waals surface area contributed by atoms with Crippen molar-refractivity contribution in [2.24, 2.45) is 0 Å². The molecule has 0 bridgehead atoms. The van der Waals surface area contributed by atoms with Gasteiger partial charge < -0.3 is 5.32 Å². The number of nitrogens with one attached hydrogen (secondary N) is 1. The van der Waals surface area contributed by atoms with Gasteiger partial charge in [-0.3, -0.25) is 4.79 Å². The van der Waals surface area contributed by atoms with Crippen molar-refractivity contribution in [2.45, 2.75) is 20.8 Å². The zero-order valence-electron chi connectivity index (χ0n) is 13.7. The van der Waals surface area contributed by atoms with Crippen molar-refractivity contribution >= 4 is 23.2 Å². The molecule has 1 aromatic heterocycles. The molecule has 6 heteroatoms. The first kappa shape index (κ1) is 16.2. The molecule has 3 rings (SSSR count). The van der Waals surface area contributed by atoms with Crippen molar-refractivity contribution < 1.29 is 4.79 Å². The van der Waals surface area contributed by atoms with Gasteiger partial charge in [-0.2, -0.15) is 0 Å². The lowest BCUT2D eigenvalue weighted by Crippen LogP contribution is -2.15. The van der Waals surface area contributed by atoms with Crippen LogP contribution >= 0.6 is 11.6 Å². The van der Waals surface area contributed by atoms with Crippen LogP contribution in [0.1, 0.15) is 27.6 Å². The van der Waals surface area contributed by atoms with E-state index in [9.17, 15) is 4.79 Å². The fraction of sp³-hybridized carbons (Fsp3) is 0.167. The van der Waals surface area contributed by atoms with Gasteiger partial charge in [0, 0.05) is 10.7 Å². The van der Waals surface area contributed by atoms with Crippen molar-refractivity contribution in [3.05, 3.63) is 70.3 Å². The molecule has 3 aromatic rings. The highest BCUT2D eigenvalue weighted by molar-refractivity contribution is 6.30. The third-order valence-electron chi connectivity index (χ3n) is 3.88. The SMILES string of the molecule is Cc1cccc(NC(=O)c2nc(C)n(-c3cccc(Cl)c3)n2)c1C. The fourth-order valence-electron chi connectivity index (χ4n) is 2.40. The van der Waals surface area contributed by atoms with Gasteiger partial charge in [-0.25, -0.2) is 9.67 Å². The summed E-state index contributed by atoms with van der Waals surface area (Å²) in [6.45, 7) is 5.76. The number of anilines is 1. The molecule has 0 aliphatic rings. The summed E-state index contributed by atoms with van der Waals surface area (Å²) in [5, 5.41) is 7.77. The zero-order valence-corrected chi connectivity index (χ0v) is 14.4. The Balaban J connectivity index is 1.89. The number of carbonyl (C=O) groups is 1. The molecule has 5 nitrogen and oxygen atoms in total. The summed E-state index contributed by atoms with van der Waals surface area (Å²) in [5.74, 6) is 0.393. The molecule has 0 saturated carbocycles. The maximum absolute atomic E-state index is 12.5. The van der Waals surface area contributed by atoms with Crippen LogP contribution in [0.25, 0.3) is 5.69 Å². The first-order valence-corrected chi connectivity index (χ1v) is 7.90. The number of aromatic nitrogens is 3. The van der Waals surface area contributed by atoms with Crippen LogP contribution in [0, 0.1) is 20.8 Å². The van der Waals surface area contributed by atoms with Crippen molar-refractivity contribution in [3.63, 3.8) is 0 Å². The molecule has 24 heavy (non-hydrogen) atoms. The van der Waals surface area contributed by atoms with E-state index >= 15 is 0 Å². The maximum atomic E-state index is 12.5. The van der Waals surface area contributed by atoms with Crippen LogP contribution in [0.2, 0.25) is 5.02 Å². The van der Waals surface area contributed by atoms with Gasteiger partial charge in [0.2, 0.25) is 5.82 Å². The molecule has 0 unspecified atom stereocenters. The van der Waals surface area contributed by atoms with Gasteiger partial charge in [0.25, 0.3) is 5.91 Å². The van der Waals surface area contributed by atoms with Crippen LogP contribution in [0.15, 0.2) is 42.5 Å². The fourth-order valence-corrected chi connectivity index (χ4v) is 2.59. The van der Waals surface area contributed by atoms with Crippen LogP contribution in [0.3, 0.4) is 0 Å². The van der Waals surface area contributed by atoms with E-state index in [4.69, 9.17) is 11.6 Å². The summed E-state index contributed by atoms with van der Waals surface area (Å²) >= 11 is 6.02. The molecule has 0 fully saturated rings. The second-order valence-electron chi connectivity index (χ2n) is 5.58. The Labute approximate surface area is 145 Å². The van der Waals surface area contributed by atoms with Crippen LogP contribution in [0.5, 0.6) is 0 Å². The number of amides is 1. The number of aryl methyl sites for hydroxylation is 2. The molecule has 0 aliphatic carbocycles. The lowest BCUT2D eigenvalue weighted by Gasteiger charge is -2.08. The molecule has 1 heterocycles. The van der Waals surface area contributed by atoms with E-state index in [1.807, 2.05) is 44.2 Å². The molecule has 2 aromatic carbocycles. The number of rotatable bonds is 3.